The van der Waals surface area contributed by atoms with Crippen molar-refractivity contribution in [3.05, 3.63) is 35.2 Å². The highest BCUT2D eigenvalue weighted by Crippen LogP contribution is 2.30. The minimum atomic E-state index is -0.493. The molecule has 8 nitrogen and oxygen atoms in total. The molecule has 2 aromatic rings. The van der Waals surface area contributed by atoms with E-state index < -0.39 is 5.91 Å². The van der Waals surface area contributed by atoms with Crippen LogP contribution in [0.3, 0.4) is 0 Å². The van der Waals surface area contributed by atoms with Crippen LogP contribution in [0.15, 0.2) is 22.7 Å². The highest BCUT2D eigenvalue weighted by Gasteiger charge is 2.26. The first-order chi connectivity index (χ1) is 15.3. The zero-order valence-corrected chi connectivity index (χ0v) is 19.6. The van der Waals surface area contributed by atoms with Crippen LogP contribution in [0.4, 0.5) is 5.95 Å². The number of carbonyl (C=O) groups excluding carboxylic acids is 1. The van der Waals surface area contributed by atoms with E-state index >= 15 is 0 Å². The normalized spacial score (nSPS) is 16.9. The van der Waals surface area contributed by atoms with Crippen molar-refractivity contribution in [1.29, 1.82) is 0 Å². The van der Waals surface area contributed by atoms with Crippen molar-refractivity contribution >= 4 is 11.9 Å². The first-order valence-electron chi connectivity index (χ1n) is 11.6. The fraction of sp³-hybridized carbons (Fsp3) is 0.625. The molecule has 32 heavy (non-hydrogen) atoms. The van der Waals surface area contributed by atoms with Crippen LogP contribution in [0.2, 0.25) is 0 Å². The Morgan fingerprint density at radius 3 is 2.59 bits per heavy atom. The molecule has 8 heteroatoms. The summed E-state index contributed by atoms with van der Waals surface area (Å²) in [6.45, 7) is 10.7. The molecule has 0 bridgehead atoms. The first kappa shape index (κ1) is 24.0. The molecular weight excluding hydrogens is 408 g/mol. The topological polar surface area (TPSA) is 115 Å². The lowest BCUT2D eigenvalue weighted by molar-refractivity contribution is 0.0998. The Kier molecular flexibility index (Phi) is 8.12. The minimum absolute atomic E-state index is 0.0535. The lowest BCUT2D eigenvalue weighted by Crippen LogP contribution is -2.36. The number of primary amides is 1. The Bertz CT molecular complexity index is 890. The maximum Gasteiger partial charge on any atom is 0.266 e. The fourth-order valence-electron chi connectivity index (χ4n) is 4.22. The number of aromatic nitrogens is 2. The standard InChI is InChI=1S/C24H36N4O4/c1-15(2)23-26-24(27-32-23)28-10-7-18(8-11-28)16(3)9-12-31-19-5-6-20(22(25)30)21(13-19)17(4)14-29/h5-6,13,15-18,29H,7-12,14H2,1-4H3,(H2,25,30)/t16-,17+/m1/s1. The Morgan fingerprint density at radius 1 is 1.28 bits per heavy atom. The fourth-order valence-corrected chi connectivity index (χ4v) is 4.22. The van der Waals surface area contributed by atoms with Crippen molar-refractivity contribution in [1.82, 2.24) is 10.1 Å². The van der Waals surface area contributed by atoms with E-state index in [9.17, 15) is 9.90 Å². The summed E-state index contributed by atoms with van der Waals surface area (Å²) in [7, 11) is 0. The molecule has 3 N–H and O–H groups in total. The molecule has 176 valence electrons. The van der Waals surface area contributed by atoms with E-state index in [0.29, 0.717) is 41.6 Å². The largest absolute Gasteiger partial charge is 0.494 e. The van der Waals surface area contributed by atoms with E-state index in [-0.39, 0.29) is 18.4 Å². The number of benzene rings is 1. The van der Waals surface area contributed by atoms with Crippen molar-refractivity contribution in [3.8, 4) is 5.75 Å². The number of nitrogens with zero attached hydrogens (tertiary/aromatic N) is 3. The number of ether oxygens (including phenoxy) is 1. The van der Waals surface area contributed by atoms with Gasteiger partial charge in [-0.3, -0.25) is 4.79 Å². The zero-order chi connectivity index (χ0) is 23.3. The van der Waals surface area contributed by atoms with Crippen LogP contribution in [0.5, 0.6) is 5.75 Å². The number of rotatable bonds is 10. The molecule has 1 aliphatic rings. The molecule has 0 radical (unpaired) electrons. The summed E-state index contributed by atoms with van der Waals surface area (Å²) in [5.74, 6) is 2.83. The molecule has 1 aromatic carbocycles. The van der Waals surface area contributed by atoms with Gasteiger partial charge in [0.25, 0.3) is 5.95 Å². The smallest absolute Gasteiger partial charge is 0.266 e. The predicted octanol–water partition coefficient (Wildman–Crippen LogP) is 3.71. The maximum atomic E-state index is 11.7. The van der Waals surface area contributed by atoms with Gasteiger partial charge in [0.2, 0.25) is 11.8 Å². The van der Waals surface area contributed by atoms with Crippen molar-refractivity contribution in [3.63, 3.8) is 0 Å². The number of hydrogen-bond donors (Lipinski definition) is 2. The molecule has 3 rings (SSSR count). The van der Waals surface area contributed by atoms with Crippen molar-refractivity contribution in [2.24, 2.45) is 17.6 Å². The van der Waals surface area contributed by atoms with Crippen LogP contribution in [-0.4, -0.2) is 47.5 Å². The third-order valence-electron chi connectivity index (χ3n) is 6.49. The van der Waals surface area contributed by atoms with Gasteiger partial charge in [-0.1, -0.05) is 27.7 Å². The number of anilines is 1. The third kappa shape index (κ3) is 5.79. The molecule has 1 amide bonds. The summed E-state index contributed by atoms with van der Waals surface area (Å²) in [6.07, 6.45) is 3.14. The molecule has 1 fully saturated rings. The molecule has 1 saturated heterocycles. The van der Waals surface area contributed by atoms with E-state index in [1.165, 1.54) is 0 Å². The highest BCUT2D eigenvalue weighted by atomic mass is 16.5. The van der Waals surface area contributed by atoms with Gasteiger partial charge >= 0.3 is 0 Å². The molecule has 0 spiro atoms. The number of amides is 1. The van der Waals surface area contributed by atoms with Crippen molar-refractivity contribution < 1.29 is 19.2 Å². The average Bonchev–Trinajstić information content (AvgIpc) is 3.29. The molecule has 1 aliphatic heterocycles. The minimum Gasteiger partial charge on any atom is -0.494 e. The van der Waals surface area contributed by atoms with E-state index in [2.05, 4.69) is 22.0 Å². The second-order valence-electron chi connectivity index (χ2n) is 9.22. The van der Waals surface area contributed by atoms with E-state index in [4.69, 9.17) is 15.0 Å². The first-order valence-corrected chi connectivity index (χ1v) is 11.6. The monoisotopic (exact) mass is 444 g/mol. The van der Waals surface area contributed by atoms with Gasteiger partial charge in [-0.15, -0.1) is 0 Å². The molecular formula is C24H36N4O4. The van der Waals surface area contributed by atoms with Crippen LogP contribution in [-0.2, 0) is 0 Å². The molecule has 0 unspecified atom stereocenters. The zero-order valence-electron chi connectivity index (χ0n) is 19.6. The van der Waals surface area contributed by atoms with Gasteiger partial charge in [-0.2, -0.15) is 4.98 Å². The van der Waals surface area contributed by atoms with Crippen LogP contribution in [0.1, 0.15) is 80.6 Å². The van der Waals surface area contributed by atoms with E-state index in [0.717, 1.165) is 37.9 Å². The van der Waals surface area contributed by atoms with Crippen LogP contribution < -0.4 is 15.4 Å². The average molecular weight is 445 g/mol. The van der Waals surface area contributed by atoms with Crippen molar-refractivity contribution in [2.75, 3.05) is 31.2 Å². The Hall–Kier alpha value is -2.61. The maximum absolute atomic E-state index is 11.7. The van der Waals surface area contributed by atoms with Crippen LogP contribution in [0.25, 0.3) is 0 Å². The number of aliphatic hydroxyl groups is 1. The van der Waals surface area contributed by atoms with E-state index in [1.54, 1.807) is 12.1 Å². The molecule has 1 aromatic heterocycles. The molecule has 2 heterocycles. The van der Waals surface area contributed by atoms with Gasteiger partial charge in [0.1, 0.15) is 5.75 Å². The second kappa shape index (κ2) is 10.8. The number of nitrogens with two attached hydrogens (primary N) is 1. The summed E-state index contributed by atoms with van der Waals surface area (Å²) < 4.78 is 11.3. The Balaban J connectivity index is 1.48. The predicted molar refractivity (Wildman–Crippen MR) is 123 cm³/mol. The Morgan fingerprint density at radius 2 is 2.00 bits per heavy atom. The summed E-state index contributed by atoms with van der Waals surface area (Å²) in [5.41, 5.74) is 6.62. The van der Waals surface area contributed by atoms with E-state index in [1.807, 2.05) is 26.8 Å². The van der Waals surface area contributed by atoms with Crippen LogP contribution in [0, 0.1) is 11.8 Å². The van der Waals surface area contributed by atoms with Crippen molar-refractivity contribution in [2.45, 2.75) is 58.8 Å². The second-order valence-corrected chi connectivity index (χ2v) is 9.22. The van der Waals surface area contributed by atoms with Gasteiger partial charge in [0.05, 0.1) is 6.61 Å². The van der Waals surface area contributed by atoms with Gasteiger partial charge in [0, 0.05) is 37.1 Å². The summed E-state index contributed by atoms with van der Waals surface area (Å²) in [5, 5.41) is 13.6. The van der Waals surface area contributed by atoms with Gasteiger partial charge < -0.3 is 25.0 Å². The summed E-state index contributed by atoms with van der Waals surface area (Å²) in [4.78, 5) is 18.4. The molecule has 2 atom stereocenters. The number of aliphatic hydroxyl groups excluding tert-OH is 1. The van der Waals surface area contributed by atoms with Gasteiger partial charge in [-0.25, -0.2) is 0 Å². The SMILES string of the molecule is CC(C)c1nc(N2CCC([C@H](C)CCOc3ccc(C(N)=O)c([C@@H](C)CO)c3)CC2)no1. The molecule has 0 saturated carbocycles. The van der Waals surface area contributed by atoms with Crippen LogP contribution >= 0.6 is 0 Å². The third-order valence-corrected chi connectivity index (χ3v) is 6.49. The Labute approximate surface area is 190 Å². The number of carbonyl (C=O) groups is 1. The number of hydrogen-bond acceptors (Lipinski definition) is 7. The molecule has 0 aliphatic carbocycles. The highest BCUT2D eigenvalue weighted by molar-refractivity contribution is 5.94. The summed E-state index contributed by atoms with van der Waals surface area (Å²) >= 11 is 0. The lowest BCUT2D eigenvalue weighted by Gasteiger charge is -2.34. The van der Waals surface area contributed by atoms with Gasteiger partial charge in [0.15, 0.2) is 0 Å². The quantitative estimate of drug-likeness (QED) is 0.574. The summed E-state index contributed by atoms with van der Waals surface area (Å²) in [6, 6.07) is 5.27. The van der Waals surface area contributed by atoms with Gasteiger partial charge in [-0.05, 0) is 60.0 Å². The lowest BCUT2D eigenvalue weighted by atomic mass is 9.84. The number of piperidine rings is 1.